The van der Waals surface area contributed by atoms with Crippen LogP contribution in [0.5, 0.6) is 0 Å². The van der Waals surface area contributed by atoms with Crippen LogP contribution in [0.3, 0.4) is 0 Å². The smallest absolute Gasteiger partial charge is 0.240 e. The Kier molecular flexibility index (Phi) is 5.08. The Morgan fingerprint density at radius 3 is 2.76 bits per heavy atom. The summed E-state index contributed by atoms with van der Waals surface area (Å²) in [6, 6.07) is 4.78. The lowest BCUT2D eigenvalue weighted by atomic mass is 10.1. The Morgan fingerprint density at radius 2 is 2.19 bits per heavy atom. The van der Waals surface area contributed by atoms with Gasteiger partial charge in [0.05, 0.1) is 16.3 Å². The molecule has 1 unspecified atom stereocenters. The van der Waals surface area contributed by atoms with Gasteiger partial charge in [0.15, 0.2) is 0 Å². The van der Waals surface area contributed by atoms with Gasteiger partial charge in [0.25, 0.3) is 0 Å². The highest BCUT2D eigenvalue weighted by Gasteiger charge is 2.21. The average Bonchev–Trinajstić information content (AvgIpc) is 2.94. The third-order valence-corrected chi connectivity index (χ3v) is 5.41. The van der Waals surface area contributed by atoms with Gasteiger partial charge in [0, 0.05) is 13.1 Å². The second-order valence-electron chi connectivity index (χ2n) is 5.39. The Bertz CT molecular complexity index is 589. The molecule has 0 amide bonds. The molecule has 6 nitrogen and oxygen atoms in total. The van der Waals surface area contributed by atoms with Gasteiger partial charge in [-0.2, -0.15) is 0 Å². The summed E-state index contributed by atoms with van der Waals surface area (Å²) in [7, 11) is -2.06. The summed E-state index contributed by atoms with van der Waals surface area (Å²) in [5, 5.41) is 3.33. The van der Waals surface area contributed by atoms with Crippen molar-refractivity contribution in [1.29, 1.82) is 0 Å². The third-order valence-electron chi connectivity index (χ3n) is 4.00. The highest BCUT2D eigenvalue weighted by molar-refractivity contribution is 7.89. The number of sulfonamides is 1. The highest BCUT2D eigenvalue weighted by atomic mass is 32.2. The summed E-state index contributed by atoms with van der Waals surface area (Å²) in [5.41, 5.74) is 7.19. The minimum atomic E-state index is -3.44. The van der Waals surface area contributed by atoms with Crippen LogP contribution < -0.4 is 15.8 Å². The Balaban J connectivity index is 1.99. The second kappa shape index (κ2) is 6.64. The lowest BCUT2D eigenvalue weighted by molar-refractivity contribution is 0.345. The van der Waals surface area contributed by atoms with E-state index in [9.17, 15) is 8.42 Å². The summed E-state index contributed by atoms with van der Waals surface area (Å²) in [6.07, 6.45) is 1.19. The maximum absolute atomic E-state index is 11.7. The van der Waals surface area contributed by atoms with E-state index in [1.165, 1.54) is 19.5 Å². The monoisotopic (exact) mass is 312 g/mol. The maximum Gasteiger partial charge on any atom is 0.240 e. The zero-order chi connectivity index (χ0) is 15.5. The van der Waals surface area contributed by atoms with Gasteiger partial charge in [-0.15, -0.1) is 0 Å². The summed E-state index contributed by atoms with van der Waals surface area (Å²) in [5.74, 6) is 0.616. The number of nitrogens with two attached hydrogens (primary N) is 1. The van der Waals surface area contributed by atoms with Crippen molar-refractivity contribution in [1.82, 2.24) is 9.62 Å². The lowest BCUT2D eigenvalue weighted by Crippen LogP contribution is -2.22. The zero-order valence-electron chi connectivity index (χ0n) is 12.6. The van der Waals surface area contributed by atoms with Crippen LogP contribution in [-0.4, -0.2) is 46.5 Å². The van der Waals surface area contributed by atoms with E-state index in [0.717, 1.165) is 31.9 Å². The van der Waals surface area contributed by atoms with Crippen LogP contribution in [0.25, 0.3) is 0 Å². The minimum Gasteiger partial charge on any atom is -0.397 e. The first-order valence-corrected chi connectivity index (χ1v) is 8.74. The van der Waals surface area contributed by atoms with Crippen molar-refractivity contribution in [3.8, 4) is 0 Å². The first-order valence-electron chi connectivity index (χ1n) is 7.25. The molecule has 1 saturated heterocycles. The van der Waals surface area contributed by atoms with Gasteiger partial charge in [0.1, 0.15) is 0 Å². The van der Waals surface area contributed by atoms with Crippen LogP contribution in [0.1, 0.15) is 13.3 Å². The molecule has 21 heavy (non-hydrogen) atoms. The number of rotatable bonds is 6. The molecule has 0 aromatic heterocycles. The molecule has 0 spiro atoms. The van der Waals surface area contributed by atoms with E-state index in [4.69, 9.17) is 5.73 Å². The summed E-state index contributed by atoms with van der Waals surface area (Å²) < 4.78 is 25.7. The first-order chi connectivity index (χ1) is 9.96. The summed E-state index contributed by atoms with van der Waals surface area (Å²) >= 11 is 0. The van der Waals surface area contributed by atoms with E-state index in [0.29, 0.717) is 11.6 Å². The van der Waals surface area contributed by atoms with E-state index < -0.39 is 10.0 Å². The topological polar surface area (TPSA) is 87.5 Å². The zero-order valence-corrected chi connectivity index (χ0v) is 13.4. The number of nitrogens with one attached hydrogen (secondary N) is 2. The standard InChI is InChI=1S/C14H24N4O2S/c1-3-18-7-6-11(10-18)9-17-14-5-4-12(8-13(14)15)21(19,20)16-2/h4-5,8,11,16-17H,3,6-7,9-10,15H2,1-2H3. The second-order valence-corrected chi connectivity index (χ2v) is 7.27. The van der Waals surface area contributed by atoms with Crippen molar-refractivity contribution in [2.24, 2.45) is 5.92 Å². The molecule has 0 radical (unpaired) electrons. The number of hydrogen-bond donors (Lipinski definition) is 3. The molecule has 0 bridgehead atoms. The molecule has 1 aliphatic heterocycles. The van der Waals surface area contributed by atoms with E-state index in [2.05, 4.69) is 21.9 Å². The van der Waals surface area contributed by atoms with Crippen LogP contribution in [0.4, 0.5) is 11.4 Å². The average molecular weight is 312 g/mol. The van der Waals surface area contributed by atoms with Crippen LogP contribution in [0.2, 0.25) is 0 Å². The van der Waals surface area contributed by atoms with Gasteiger partial charge >= 0.3 is 0 Å². The third kappa shape index (κ3) is 3.87. The fourth-order valence-electron chi connectivity index (χ4n) is 2.61. The van der Waals surface area contributed by atoms with Gasteiger partial charge in [-0.3, -0.25) is 0 Å². The van der Waals surface area contributed by atoms with Crippen molar-refractivity contribution >= 4 is 21.4 Å². The van der Waals surface area contributed by atoms with Crippen LogP contribution >= 0.6 is 0 Å². The molecular weight excluding hydrogens is 288 g/mol. The minimum absolute atomic E-state index is 0.186. The largest absolute Gasteiger partial charge is 0.397 e. The van der Waals surface area contributed by atoms with Crippen LogP contribution in [0, 0.1) is 5.92 Å². The fourth-order valence-corrected chi connectivity index (χ4v) is 3.37. The van der Waals surface area contributed by atoms with Crippen molar-refractivity contribution < 1.29 is 8.42 Å². The Hall–Kier alpha value is -1.31. The summed E-state index contributed by atoms with van der Waals surface area (Å²) in [4.78, 5) is 2.62. The van der Waals surface area contributed by atoms with E-state index in [1.54, 1.807) is 12.1 Å². The predicted octanol–water partition coefficient (Wildman–Crippen LogP) is 0.931. The molecule has 1 aliphatic rings. The molecular formula is C14H24N4O2S. The molecule has 118 valence electrons. The Labute approximate surface area is 126 Å². The highest BCUT2D eigenvalue weighted by Crippen LogP contribution is 2.24. The van der Waals surface area contributed by atoms with E-state index >= 15 is 0 Å². The number of benzene rings is 1. The molecule has 0 aliphatic carbocycles. The Morgan fingerprint density at radius 1 is 1.43 bits per heavy atom. The van der Waals surface area contributed by atoms with Gasteiger partial charge in [-0.1, -0.05) is 6.92 Å². The predicted molar refractivity (Wildman–Crippen MR) is 85.8 cm³/mol. The first kappa shape index (κ1) is 16.1. The quantitative estimate of drug-likeness (QED) is 0.680. The van der Waals surface area contributed by atoms with Crippen molar-refractivity contribution in [3.05, 3.63) is 18.2 Å². The number of likely N-dealkylation sites (tertiary alicyclic amines) is 1. The van der Waals surface area contributed by atoms with Gasteiger partial charge < -0.3 is 16.0 Å². The lowest BCUT2D eigenvalue weighted by Gasteiger charge is -2.16. The number of anilines is 2. The van der Waals surface area contributed by atoms with E-state index in [-0.39, 0.29) is 4.90 Å². The van der Waals surface area contributed by atoms with Crippen molar-refractivity contribution in [2.75, 3.05) is 44.3 Å². The van der Waals surface area contributed by atoms with Gasteiger partial charge in [0.2, 0.25) is 10.0 Å². The van der Waals surface area contributed by atoms with E-state index in [1.807, 2.05) is 0 Å². The fraction of sp³-hybridized carbons (Fsp3) is 0.571. The van der Waals surface area contributed by atoms with Crippen LogP contribution in [-0.2, 0) is 10.0 Å². The SMILES string of the molecule is CCN1CCC(CNc2ccc(S(=O)(=O)NC)cc2N)C1. The van der Waals surface area contributed by atoms with Crippen molar-refractivity contribution in [3.63, 3.8) is 0 Å². The van der Waals surface area contributed by atoms with Gasteiger partial charge in [-0.25, -0.2) is 13.1 Å². The molecule has 0 saturated carbocycles. The molecule has 4 N–H and O–H groups in total. The van der Waals surface area contributed by atoms with Gasteiger partial charge in [-0.05, 0) is 50.7 Å². The summed E-state index contributed by atoms with van der Waals surface area (Å²) in [6.45, 7) is 6.38. The molecule has 7 heteroatoms. The number of nitrogens with zero attached hydrogens (tertiary/aromatic N) is 1. The molecule has 1 heterocycles. The normalized spacial score (nSPS) is 19.8. The molecule has 2 rings (SSSR count). The molecule has 1 aromatic rings. The number of hydrogen-bond acceptors (Lipinski definition) is 5. The molecule has 1 fully saturated rings. The van der Waals surface area contributed by atoms with Crippen molar-refractivity contribution in [2.45, 2.75) is 18.2 Å². The van der Waals surface area contributed by atoms with Crippen LogP contribution in [0.15, 0.2) is 23.1 Å². The maximum atomic E-state index is 11.7. The molecule has 1 aromatic carbocycles. The molecule has 1 atom stereocenters. The number of nitrogen functional groups attached to an aromatic ring is 1.